The topological polar surface area (TPSA) is 111 Å². The molecule has 0 radical (unpaired) electrons. The van der Waals surface area contributed by atoms with E-state index in [9.17, 15) is 4.79 Å². The molecule has 2 aromatic heterocycles. The minimum atomic E-state index is -0.373. The smallest absolute Gasteiger partial charge is 0.234 e. The van der Waals surface area contributed by atoms with Crippen molar-refractivity contribution in [3.63, 3.8) is 0 Å². The summed E-state index contributed by atoms with van der Waals surface area (Å²) in [7, 11) is 1.65. The largest absolute Gasteiger partial charge is 0.496 e. The molecule has 1 saturated heterocycles. The van der Waals surface area contributed by atoms with E-state index in [1.54, 1.807) is 18.4 Å². The van der Waals surface area contributed by atoms with Crippen molar-refractivity contribution in [2.75, 3.05) is 19.0 Å². The van der Waals surface area contributed by atoms with Crippen molar-refractivity contribution >= 4 is 33.3 Å². The number of nitrogens with zero attached hydrogens (tertiary/aromatic N) is 2. The van der Waals surface area contributed by atoms with Gasteiger partial charge in [-0.05, 0) is 32.9 Å². The monoisotopic (exact) mass is 441 g/mol. The van der Waals surface area contributed by atoms with Gasteiger partial charge in [-0.25, -0.2) is 9.97 Å². The number of amides is 1. The number of rotatable bonds is 7. The number of hydrogen-bond acceptors (Lipinski definition) is 8. The third-order valence-electron chi connectivity index (χ3n) is 5.27. The van der Waals surface area contributed by atoms with E-state index in [2.05, 4.69) is 24.5 Å². The van der Waals surface area contributed by atoms with E-state index in [0.29, 0.717) is 24.8 Å². The zero-order chi connectivity index (χ0) is 22.1. The summed E-state index contributed by atoms with van der Waals surface area (Å²) in [6.45, 7) is 6.69. The predicted octanol–water partition coefficient (Wildman–Crippen LogP) is 3.09. The Morgan fingerprint density at radius 1 is 1.29 bits per heavy atom. The second-order valence-electron chi connectivity index (χ2n) is 7.97. The molecule has 1 amide bonds. The van der Waals surface area contributed by atoms with Crippen LogP contribution in [-0.4, -0.2) is 47.7 Å². The number of benzene rings is 1. The van der Waals surface area contributed by atoms with E-state index in [-0.39, 0.29) is 18.1 Å². The number of primary amides is 1. The summed E-state index contributed by atoms with van der Waals surface area (Å²) in [4.78, 5) is 21.1. The molecule has 31 heavy (non-hydrogen) atoms. The summed E-state index contributed by atoms with van der Waals surface area (Å²) in [6, 6.07) is 5.71. The van der Waals surface area contributed by atoms with E-state index in [4.69, 9.17) is 25.2 Å². The predicted molar refractivity (Wildman–Crippen MR) is 123 cm³/mol. The molecular weight excluding hydrogens is 414 g/mol. The van der Waals surface area contributed by atoms with Crippen LogP contribution >= 0.6 is 11.3 Å². The molecule has 0 aliphatic carbocycles. The lowest BCUT2D eigenvalue weighted by Crippen LogP contribution is -2.36. The minimum absolute atomic E-state index is 0.160. The van der Waals surface area contributed by atoms with E-state index >= 15 is 0 Å². The highest BCUT2D eigenvalue weighted by molar-refractivity contribution is 7.14. The number of thiazole rings is 1. The van der Waals surface area contributed by atoms with Gasteiger partial charge in [0.05, 0.1) is 24.4 Å². The van der Waals surface area contributed by atoms with Crippen LogP contribution in [-0.2, 0) is 4.79 Å². The fourth-order valence-corrected chi connectivity index (χ4v) is 4.57. The quantitative estimate of drug-likeness (QED) is 0.517. The Labute approximate surface area is 185 Å². The fraction of sp³-hybridized carbons (Fsp3) is 0.409. The fourth-order valence-electron chi connectivity index (χ4n) is 3.72. The lowest BCUT2D eigenvalue weighted by molar-refractivity contribution is -0.119. The average Bonchev–Trinajstić information content (AvgIpc) is 3.38. The van der Waals surface area contributed by atoms with Crippen molar-refractivity contribution in [1.29, 1.82) is 0 Å². The zero-order valence-corrected chi connectivity index (χ0v) is 18.9. The molecule has 0 saturated carbocycles. The van der Waals surface area contributed by atoms with Crippen LogP contribution in [0.2, 0.25) is 0 Å². The molecule has 2 unspecified atom stereocenters. The first kappa shape index (κ1) is 21.3. The summed E-state index contributed by atoms with van der Waals surface area (Å²) in [5.41, 5.74) is 8.68. The molecule has 3 aromatic rings. The number of fused-ring (bicyclic) bond motifs is 1. The van der Waals surface area contributed by atoms with Crippen molar-refractivity contribution in [2.24, 2.45) is 5.73 Å². The van der Waals surface area contributed by atoms with Gasteiger partial charge in [-0.3, -0.25) is 4.79 Å². The third-order valence-corrected chi connectivity index (χ3v) is 6.05. The van der Waals surface area contributed by atoms with Crippen LogP contribution < -0.4 is 25.8 Å². The summed E-state index contributed by atoms with van der Waals surface area (Å²) < 4.78 is 11.8. The van der Waals surface area contributed by atoms with Crippen molar-refractivity contribution in [3.8, 4) is 22.9 Å². The number of aromatic nitrogens is 2. The van der Waals surface area contributed by atoms with Crippen LogP contribution in [0.15, 0.2) is 23.6 Å². The van der Waals surface area contributed by atoms with Crippen LogP contribution in [0.4, 0.5) is 5.13 Å². The van der Waals surface area contributed by atoms with E-state index in [1.807, 2.05) is 30.5 Å². The van der Waals surface area contributed by atoms with Crippen molar-refractivity contribution in [2.45, 2.75) is 45.4 Å². The number of pyridine rings is 1. The molecular formula is C22H27N5O3S. The Balaban J connectivity index is 1.75. The number of hydrogen-bond donors (Lipinski definition) is 3. The molecule has 164 valence electrons. The molecule has 0 spiro atoms. The third kappa shape index (κ3) is 4.42. The minimum Gasteiger partial charge on any atom is -0.496 e. The molecule has 2 atom stereocenters. The lowest BCUT2D eigenvalue weighted by Gasteiger charge is -2.17. The summed E-state index contributed by atoms with van der Waals surface area (Å²) in [5, 5.41) is 10.2. The maximum atomic E-state index is 11.5. The van der Waals surface area contributed by atoms with Gasteiger partial charge in [-0.1, -0.05) is 0 Å². The number of carbonyl (C=O) groups is 1. The molecule has 4 N–H and O–H groups in total. The van der Waals surface area contributed by atoms with Gasteiger partial charge < -0.3 is 25.8 Å². The second kappa shape index (κ2) is 8.68. The van der Waals surface area contributed by atoms with Gasteiger partial charge in [0.15, 0.2) is 5.13 Å². The van der Waals surface area contributed by atoms with Gasteiger partial charge in [0, 0.05) is 41.4 Å². The van der Waals surface area contributed by atoms with Crippen molar-refractivity contribution in [1.82, 2.24) is 15.3 Å². The van der Waals surface area contributed by atoms with Gasteiger partial charge in [0.2, 0.25) is 5.91 Å². The highest BCUT2D eigenvalue weighted by atomic mass is 32.1. The molecule has 0 bridgehead atoms. The zero-order valence-electron chi connectivity index (χ0n) is 18.1. The summed E-state index contributed by atoms with van der Waals surface area (Å²) >= 11 is 1.54. The Kier molecular flexibility index (Phi) is 5.97. The molecule has 8 nitrogen and oxygen atoms in total. The molecule has 1 aliphatic rings. The Morgan fingerprint density at radius 2 is 2.10 bits per heavy atom. The van der Waals surface area contributed by atoms with Gasteiger partial charge in [-0.15, -0.1) is 11.3 Å². The molecule has 4 rings (SSSR count). The van der Waals surface area contributed by atoms with Gasteiger partial charge in [-0.2, -0.15) is 0 Å². The standard InChI is InChI=1S/C22H27N5O3S/c1-11(2)25-22-27-17(10-31-22)15-8-19(30-13-7-16(21(23)28)24-9-13)14-5-6-18(29-4)12(3)20(14)26-15/h5-6,8,10-11,13,16,24H,7,9H2,1-4H3,(H2,23,28)(H,25,27). The number of aryl methyl sites for hydroxylation is 1. The van der Waals surface area contributed by atoms with Crippen LogP contribution in [0.25, 0.3) is 22.3 Å². The molecule has 9 heteroatoms. The highest BCUT2D eigenvalue weighted by Crippen LogP contribution is 2.36. The normalized spacial score (nSPS) is 18.5. The number of carbonyl (C=O) groups excluding carboxylic acids is 1. The SMILES string of the molecule is COc1ccc2c(OC3CNC(C(N)=O)C3)cc(-c3csc(NC(C)C)n3)nc2c1C. The van der Waals surface area contributed by atoms with Gasteiger partial charge in [0.25, 0.3) is 0 Å². The first-order valence-electron chi connectivity index (χ1n) is 10.3. The first-order valence-corrected chi connectivity index (χ1v) is 11.1. The molecule has 3 heterocycles. The number of nitrogens with one attached hydrogen (secondary N) is 2. The molecule has 1 aromatic carbocycles. The van der Waals surface area contributed by atoms with Crippen LogP contribution in [0, 0.1) is 6.92 Å². The van der Waals surface area contributed by atoms with Crippen LogP contribution in [0.5, 0.6) is 11.5 Å². The highest BCUT2D eigenvalue weighted by Gasteiger charge is 2.30. The Bertz CT molecular complexity index is 1110. The maximum absolute atomic E-state index is 11.5. The van der Waals surface area contributed by atoms with Gasteiger partial charge in [0.1, 0.15) is 23.3 Å². The van der Waals surface area contributed by atoms with E-state index in [1.165, 1.54) is 0 Å². The second-order valence-corrected chi connectivity index (χ2v) is 8.83. The van der Waals surface area contributed by atoms with E-state index < -0.39 is 0 Å². The number of methoxy groups -OCH3 is 1. The number of nitrogens with two attached hydrogens (primary N) is 1. The maximum Gasteiger partial charge on any atom is 0.234 e. The first-order chi connectivity index (χ1) is 14.9. The Hall–Kier alpha value is -2.91. The van der Waals surface area contributed by atoms with Crippen molar-refractivity contribution in [3.05, 3.63) is 29.1 Å². The Morgan fingerprint density at radius 3 is 2.77 bits per heavy atom. The van der Waals surface area contributed by atoms with Crippen LogP contribution in [0.1, 0.15) is 25.8 Å². The van der Waals surface area contributed by atoms with E-state index in [0.717, 1.165) is 38.7 Å². The van der Waals surface area contributed by atoms with Crippen LogP contribution in [0.3, 0.4) is 0 Å². The lowest BCUT2D eigenvalue weighted by atomic mass is 10.1. The van der Waals surface area contributed by atoms with Crippen molar-refractivity contribution < 1.29 is 14.3 Å². The summed E-state index contributed by atoms with van der Waals surface area (Å²) in [5.74, 6) is 1.11. The number of ether oxygens (including phenoxy) is 2. The average molecular weight is 442 g/mol. The molecule has 1 fully saturated rings. The summed E-state index contributed by atoms with van der Waals surface area (Å²) in [6.07, 6.45) is 0.370. The van der Waals surface area contributed by atoms with Gasteiger partial charge >= 0.3 is 0 Å². The molecule has 1 aliphatic heterocycles. The number of anilines is 1.